The van der Waals surface area contributed by atoms with E-state index in [0.717, 1.165) is 32.5 Å². The number of fused-ring (bicyclic) bond motifs is 1. The standard InChI is InChI=1S/C15H20N4O2/c1-21-9-10-3-2-6-19(8-10)15-17-13-5-4-11(16)7-12(13)14(20)18-15/h4-5,7,10H,2-3,6,8-9,16H2,1H3,(H,17,18,20). The van der Waals surface area contributed by atoms with Gasteiger partial charge in [0.05, 0.1) is 17.5 Å². The van der Waals surface area contributed by atoms with E-state index < -0.39 is 0 Å². The average molecular weight is 288 g/mol. The predicted molar refractivity (Wildman–Crippen MR) is 83.6 cm³/mol. The van der Waals surface area contributed by atoms with Crippen molar-refractivity contribution in [2.24, 2.45) is 5.92 Å². The molecule has 0 aliphatic carbocycles. The first kappa shape index (κ1) is 13.9. The van der Waals surface area contributed by atoms with Crippen LogP contribution in [0.25, 0.3) is 10.9 Å². The molecule has 3 N–H and O–H groups in total. The predicted octanol–water partition coefficient (Wildman–Crippen LogP) is 1.37. The van der Waals surface area contributed by atoms with Gasteiger partial charge < -0.3 is 15.4 Å². The van der Waals surface area contributed by atoms with Gasteiger partial charge in [-0.05, 0) is 37.0 Å². The van der Waals surface area contributed by atoms with Crippen LogP contribution in [0.3, 0.4) is 0 Å². The van der Waals surface area contributed by atoms with Crippen LogP contribution in [0.1, 0.15) is 12.8 Å². The summed E-state index contributed by atoms with van der Waals surface area (Å²) in [6, 6.07) is 5.22. The normalized spacial score (nSPS) is 19.1. The van der Waals surface area contributed by atoms with E-state index in [2.05, 4.69) is 14.9 Å². The Balaban J connectivity index is 1.93. The highest BCUT2D eigenvalue weighted by Gasteiger charge is 2.21. The zero-order valence-corrected chi connectivity index (χ0v) is 12.1. The number of nitrogen functional groups attached to an aromatic ring is 1. The van der Waals surface area contributed by atoms with Gasteiger partial charge in [0.25, 0.3) is 5.56 Å². The summed E-state index contributed by atoms with van der Waals surface area (Å²) in [6.07, 6.45) is 2.23. The molecule has 0 spiro atoms. The second-order valence-corrected chi connectivity index (χ2v) is 5.58. The maximum absolute atomic E-state index is 12.2. The van der Waals surface area contributed by atoms with Crippen LogP contribution in [0.15, 0.2) is 23.0 Å². The van der Waals surface area contributed by atoms with Gasteiger partial charge >= 0.3 is 0 Å². The number of piperidine rings is 1. The number of nitrogens with zero attached hydrogens (tertiary/aromatic N) is 2. The van der Waals surface area contributed by atoms with Crippen molar-refractivity contribution in [1.82, 2.24) is 9.97 Å². The molecule has 21 heavy (non-hydrogen) atoms. The van der Waals surface area contributed by atoms with E-state index in [4.69, 9.17) is 10.5 Å². The lowest BCUT2D eigenvalue weighted by molar-refractivity contribution is 0.143. The Hall–Kier alpha value is -2.08. The lowest BCUT2D eigenvalue weighted by Gasteiger charge is -2.32. The number of nitrogens with one attached hydrogen (secondary N) is 1. The van der Waals surface area contributed by atoms with E-state index in [1.807, 2.05) is 0 Å². The molecule has 1 aromatic carbocycles. The number of nitrogens with two attached hydrogens (primary N) is 1. The minimum absolute atomic E-state index is 0.142. The zero-order valence-electron chi connectivity index (χ0n) is 12.1. The highest BCUT2D eigenvalue weighted by atomic mass is 16.5. The van der Waals surface area contributed by atoms with Crippen LogP contribution in [0.2, 0.25) is 0 Å². The van der Waals surface area contributed by atoms with Gasteiger partial charge in [0, 0.05) is 25.9 Å². The van der Waals surface area contributed by atoms with Gasteiger partial charge in [0.15, 0.2) is 0 Å². The van der Waals surface area contributed by atoms with Gasteiger partial charge in [0.2, 0.25) is 5.95 Å². The number of ether oxygens (including phenoxy) is 1. The number of benzene rings is 1. The minimum atomic E-state index is -0.142. The summed E-state index contributed by atoms with van der Waals surface area (Å²) >= 11 is 0. The lowest BCUT2D eigenvalue weighted by Crippen LogP contribution is -2.38. The van der Waals surface area contributed by atoms with Gasteiger partial charge in [-0.2, -0.15) is 0 Å². The molecule has 3 rings (SSSR count). The third-order valence-electron chi connectivity index (χ3n) is 3.94. The first-order valence-electron chi connectivity index (χ1n) is 7.21. The summed E-state index contributed by atoms with van der Waals surface area (Å²) in [5.74, 6) is 1.12. The van der Waals surface area contributed by atoms with Gasteiger partial charge in [-0.1, -0.05) is 0 Å². The molecule has 1 aromatic heterocycles. The molecule has 1 unspecified atom stereocenters. The number of rotatable bonds is 3. The van der Waals surface area contributed by atoms with Crippen LogP contribution in [0.5, 0.6) is 0 Å². The summed E-state index contributed by atoms with van der Waals surface area (Å²) in [5, 5.41) is 0.532. The van der Waals surface area contributed by atoms with E-state index in [-0.39, 0.29) is 5.56 Å². The van der Waals surface area contributed by atoms with E-state index in [1.165, 1.54) is 0 Å². The zero-order chi connectivity index (χ0) is 14.8. The summed E-state index contributed by atoms with van der Waals surface area (Å²) in [6.45, 7) is 2.51. The van der Waals surface area contributed by atoms with Crippen molar-refractivity contribution < 1.29 is 4.74 Å². The Morgan fingerprint density at radius 3 is 3.19 bits per heavy atom. The van der Waals surface area contributed by atoms with Gasteiger partial charge in [-0.25, -0.2) is 4.98 Å². The van der Waals surface area contributed by atoms with Crippen molar-refractivity contribution in [3.8, 4) is 0 Å². The molecule has 6 nitrogen and oxygen atoms in total. The Morgan fingerprint density at radius 1 is 1.52 bits per heavy atom. The fraction of sp³-hybridized carbons (Fsp3) is 0.467. The second-order valence-electron chi connectivity index (χ2n) is 5.58. The minimum Gasteiger partial charge on any atom is -0.399 e. The van der Waals surface area contributed by atoms with Crippen LogP contribution in [-0.2, 0) is 4.74 Å². The molecule has 0 bridgehead atoms. The first-order valence-corrected chi connectivity index (χ1v) is 7.21. The molecule has 1 fully saturated rings. The van der Waals surface area contributed by atoms with Crippen LogP contribution >= 0.6 is 0 Å². The topological polar surface area (TPSA) is 84.2 Å². The SMILES string of the molecule is COCC1CCCN(c2nc3ccc(N)cc3c(=O)[nH]2)C1. The third kappa shape index (κ3) is 2.85. The van der Waals surface area contributed by atoms with Crippen LogP contribution in [-0.4, -0.2) is 36.8 Å². The fourth-order valence-corrected chi connectivity index (χ4v) is 2.92. The largest absolute Gasteiger partial charge is 0.399 e. The lowest BCUT2D eigenvalue weighted by atomic mass is 9.99. The molecular weight excluding hydrogens is 268 g/mol. The molecule has 0 saturated carbocycles. The van der Waals surface area contributed by atoms with Crippen molar-refractivity contribution in [2.45, 2.75) is 12.8 Å². The summed E-state index contributed by atoms with van der Waals surface area (Å²) < 4.78 is 5.24. The molecule has 112 valence electrons. The molecule has 1 saturated heterocycles. The van der Waals surface area contributed by atoms with Gasteiger partial charge in [-0.3, -0.25) is 9.78 Å². The molecule has 1 aliphatic heterocycles. The maximum Gasteiger partial charge on any atom is 0.260 e. The quantitative estimate of drug-likeness (QED) is 0.833. The molecular formula is C15H20N4O2. The Labute approximate surface area is 122 Å². The number of anilines is 2. The van der Waals surface area contributed by atoms with E-state index in [1.54, 1.807) is 25.3 Å². The van der Waals surface area contributed by atoms with Crippen LogP contribution in [0.4, 0.5) is 11.6 Å². The molecule has 0 amide bonds. The molecule has 2 heterocycles. The number of hydrogen-bond donors (Lipinski definition) is 2. The summed E-state index contributed by atoms with van der Waals surface area (Å²) in [4.78, 5) is 21.8. The van der Waals surface area contributed by atoms with Crippen molar-refractivity contribution in [3.05, 3.63) is 28.6 Å². The van der Waals surface area contributed by atoms with Crippen LogP contribution < -0.4 is 16.2 Å². The third-order valence-corrected chi connectivity index (χ3v) is 3.94. The number of H-pyrrole nitrogens is 1. The van der Waals surface area contributed by atoms with Crippen molar-refractivity contribution >= 4 is 22.5 Å². The molecule has 2 aromatic rings. The van der Waals surface area contributed by atoms with Crippen molar-refractivity contribution in [1.29, 1.82) is 0 Å². The Bertz CT molecular complexity index is 696. The number of methoxy groups -OCH3 is 1. The Kier molecular flexibility index (Phi) is 3.79. The Morgan fingerprint density at radius 2 is 2.38 bits per heavy atom. The fourth-order valence-electron chi connectivity index (χ4n) is 2.92. The second kappa shape index (κ2) is 5.73. The highest BCUT2D eigenvalue weighted by molar-refractivity contribution is 5.81. The van der Waals surface area contributed by atoms with Crippen molar-refractivity contribution in [3.63, 3.8) is 0 Å². The average Bonchev–Trinajstić information content (AvgIpc) is 2.48. The number of aromatic nitrogens is 2. The summed E-state index contributed by atoms with van der Waals surface area (Å²) in [5.41, 5.74) is 6.83. The molecule has 1 aliphatic rings. The van der Waals surface area contributed by atoms with Gasteiger partial charge in [0.1, 0.15) is 0 Å². The van der Waals surface area contributed by atoms with E-state index in [9.17, 15) is 4.79 Å². The first-order chi connectivity index (χ1) is 10.2. The van der Waals surface area contributed by atoms with E-state index in [0.29, 0.717) is 28.5 Å². The van der Waals surface area contributed by atoms with E-state index >= 15 is 0 Å². The number of aromatic amines is 1. The maximum atomic E-state index is 12.2. The van der Waals surface area contributed by atoms with Gasteiger partial charge in [-0.15, -0.1) is 0 Å². The monoisotopic (exact) mass is 288 g/mol. The molecule has 0 radical (unpaired) electrons. The number of hydrogen-bond acceptors (Lipinski definition) is 5. The smallest absolute Gasteiger partial charge is 0.260 e. The highest BCUT2D eigenvalue weighted by Crippen LogP contribution is 2.21. The molecule has 6 heteroatoms. The van der Waals surface area contributed by atoms with Crippen molar-refractivity contribution in [2.75, 3.05) is 37.4 Å². The van der Waals surface area contributed by atoms with Crippen LogP contribution in [0, 0.1) is 5.92 Å². The molecule has 1 atom stereocenters. The summed E-state index contributed by atoms with van der Waals surface area (Å²) in [7, 11) is 1.72.